The number of amides is 1. The molecule has 110 valence electrons. The molecule has 0 saturated heterocycles. The van der Waals surface area contributed by atoms with E-state index in [9.17, 15) is 9.18 Å². The number of halogens is 2. The van der Waals surface area contributed by atoms with Crippen molar-refractivity contribution in [2.45, 2.75) is 25.8 Å². The van der Waals surface area contributed by atoms with Crippen LogP contribution in [0, 0.1) is 5.82 Å². The maximum atomic E-state index is 13.2. The average molecular weight is 350 g/mol. The van der Waals surface area contributed by atoms with Crippen molar-refractivity contribution >= 4 is 21.8 Å². The topological polar surface area (TPSA) is 29.1 Å². The highest BCUT2D eigenvalue weighted by Gasteiger charge is 2.15. The summed E-state index contributed by atoms with van der Waals surface area (Å²) in [6.45, 7) is 2.08. The molecular weight excluding hydrogens is 333 g/mol. The predicted octanol–water partition coefficient (Wildman–Crippen LogP) is 4.86. The van der Waals surface area contributed by atoms with Crippen LogP contribution in [0.2, 0.25) is 0 Å². The van der Waals surface area contributed by atoms with E-state index >= 15 is 0 Å². The van der Waals surface area contributed by atoms with Gasteiger partial charge in [0, 0.05) is 5.56 Å². The zero-order valence-corrected chi connectivity index (χ0v) is 13.4. The average Bonchev–Trinajstić information content (AvgIpc) is 2.50. The summed E-state index contributed by atoms with van der Waals surface area (Å²) >= 11 is 3.10. The molecule has 0 aliphatic carbocycles. The zero-order chi connectivity index (χ0) is 15.2. The van der Waals surface area contributed by atoms with Gasteiger partial charge in [-0.15, -0.1) is 0 Å². The summed E-state index contributed by atoms with van der Waals surface area (Å²) in [7, 11) is 0. The fraction of sp³-hybridized carbons (Fsp3) is 0.235. The van der Waals surface area contributed by atoms with Crippen molar-refractivity contribution in [1.82, 2.24) is 5.32 Å². The second-order valence-corrected chi connectivity index (χ2v) is 5.71. The Labute approximate surface area is 132 Å². The number of carbonyl (C=O) groups excluding carboxylic acids is 1. The minimum atomic E-state index is -0.375. The van der Waals surface area contributed by atoms with E-state index in [4.69, 9.17) is 0 Å². The van der Waals surface area contributed by atoms with Crippen LogP contribution in [0.3, 0.4) is 0 Å². The van der Waals surface area contributed by atoms with Crippen molar-refractivity contribution in [3.8, 4) is 0 Å². The fourth-order valence-electron chi connectivity index (χ4n) is 2.18. The lowest BCUT2D eigenvalue weighted by atomic mass is 10.0. The maximum absolute atomic E-state index is 13.2. The first-order valence-corrected chi connectivity index (χ1v) is 7.72. The van der Waals surface area contributed by atoms with Crippen LogP contribution >= 0.6 is 15.9 Å². The van der Waals surface area contributed by atoms with E-state index < -0.39 is 0 Å². The minimum absolute atomic E-state index is 0.0347. The Morgan fingerprint density at radius 1 is 1.24 bits per heavy atom. The van der Waals surface area contributed by atoms with Gasteiger partial charge in [0.05, 0.1) is 10.5 Å². The van der Waals surface area contributed by atoms with Gasteiger partial charge in [0.25, 0.3) is 5.91 Å². The van der Waals surface area contributed by atoms with Gasteiger partial charge in [0.2, 0.25) is 0 Å². The summed E-state index contributed by atoms with van der Waals surface area (Å²) in [5.41, 5.74) is 1.52. The van der Waals surface area contributed by atoms with Crippen LogP contribution in [0.5, 0.6) is 0 Å². The number of nitrogens with one attached hydrogen (secondary N) is 1. The van der Waals surface area contributed by atoms with Gasteiger partial charge >= 0.3 is 0 Å². The quantitative estimate of drug-likeness (QED) is 0.820. The van der Waals surface area contributed by atoms with Gasteiger partial charge in [0.15, 0.2) is 0 Å². The van der Waals surface area contributed by atoms with Crippen molar-refractivity contribution in [1.29, 1.82) is 0 Å². The van der Waals surface area contributed by atoms with Crippen LogP contribution in [-0.4, -0.2) is 5.91 Å². The highest BCUT2D eigenvalue weighted by atomic mass is 79.9. The minimum Gasteiger partial charge on any atom is -0.345 e. The number of rotatable bonds is 5. The van der Waals surface area contributed by atoms with E-state index in [0.29, 0.717) is 10.0 Å². The van der Waals surface area contributed by atoms with Crippen LogP contribution < -0.4 is 5.32 Å². The highest BCUT2D eigenvalue weighted by molar-refractivity contribution is 9.10. The molecule has 2 aromatic carbocycles. The lowest BCUT2D eigenvalue weighted by Gasteiger charge is -2.18. The lowest BCUT2D eigenvalue weighted by Crippen LogP contribution is -2.28. The third-order valence-corrected chi connectivity index (χ3v) is 3.87. The van der Waals surface area contributed by atoms with Crippen molar-refractivity contribution in [2.75, 3.05) is 0 Å². The molecule has 0 saturated carbocycles. The van der Waals surface area contributed by atoms with Crippen LogP contribution in [0.15, 0.2) is 53.0 Å². The Morgan fingerprint density at radius 3 is 2.57 bits per heavy atom. The molecular formula is C17H17BrFNO. The van der Waals surface area contributed by atoms with Crippen LogP contribution in [0.25, 0.3) is 0 Å². The van der Waals surface area contributed by atoms with Gasteiger partial charge in [-0.2, -0.15) is 0 Å². The Morgan fingerprint density at radius 2 is 1.95 bits per heavy atom. The molecule has 0 aliphatic heterocycles. The molecule has 0 bridgehead atoms. The molecule has 2 aromatic rings. The Kier molecular flexibility index (Phi) is 5.51. The van der Waals surface area contributed by atoms with Crippen LogP contribution in [-0.2, 0) is 0 Å². The molecule has 0 radical (unpaired) electrons. The molecule has 2 rings (SSSR count). The van der Waals surface area contributed by atoms with Gasteiger partial charge < -0.3 is 5.32 Å². The SMILES string of the molecule is CCCC(NC(=O)c1ccc(F)c(Br)c1)c1ccccc1. The molecule has 0 aromatic heterocycles. The third kappa shape index (κ3) is 4.14. The van der Waals surface area contributed by atoms with E-state index in [2.05, 4.69) is 28.2 Å². The molecule has 0 fully saturated rings. The van der Waals surface area contributed by atoms with Crippen LogP contribution in [0.1, 0.15) is 41.7 Å². The predicted molar refractivity (Wildman–Crippen MR) is 85.7 cm³/mol. The lowest BCUT2D eigenvalue weighted by molar-refractivity contribution is 0.0934. The number of hydrogen-bond acceptors (Lipinski definition) is 1. The molecule has 1 atom stereocenters. The van der Waals surface area contributed by atoms with Crippen molar-refractivity contribution < 1.29 is 9.18 Å². The summed E-state index contributed by atoms with van der Waals surface area (Å²) < 4.78 is 13.5. The first-order chi connectivity index (χ1) is 10.1. The molecule has 0 heterocycles. The van der Waals surface area contributed by atoms with E-state index in [1.54, 1.807) is 0 Å². The van der Waals surface area contributed by atoms with Gasteiger partial charge in [-0.3, -0.25) is 4.79 Å². The number of carbonyl (C=O) groups is 1. The number of benzene rings is 2. The molecule has 2 nitrogen and oxygen atoms in total. The van der Waals surface area contributed by atoms with Crippen molar-refractivity contribution in [3.63, 3.8) is 0 Å². The second-order valence-electron chi connectivity index (χ2n) is 4.85. The van der Waals surface area contributed by atoms with E-state index in [1.807, 2.05) is 30.3 Å². The van der Waals surface area contributed by atoms with E-state index in [0.717, 1.165) is 18.4 Å². The smallest absolute Gasteiger partial charge is 0.251 e. The zero-order valence-electron chi connectivity index (χ0n) is 11.8. The van der Waals surface area contributed by atoms with Gasteiger partial charge in [-0.05, 0) is 46.1 Å². The Hall–Kier alpha value is -1.68. The van der Waals surface area contributed by atoms with Crippen molar-refractivity contribution in [2.24, 2.45) is 0 Å². The van der Waals surface area contributed by atoms with Gasteiger partial charge in [-0.25, -0.2) is 4.39 Å². The fourth-order valence-corrected chi connectivity index (χ4v) is 2.55. The van der Waals surface area contributed by atoms with Crippen LogP contribution in [0.4, 0.5) is 4.39 Å². The summed E-state index contributed by atoms with van der Waals surface area (Å²) in [4.78, 5) is 12.3. The molecule has 21 heavy (non-hydrogen) atoms. The van der Waals surface area contributed by atoms with Gasteiger partial charge in [-0.1, -0.05) is 43.7 Å². The Balaban J connectivity index is 2.16. The monoisotopic (exact) mass is 349 g/mol. The molecule has 4 heteroatoms. The molecule has 0 spiro atoms. The first kappa shape index (κ1) is 15.7. The summed E-state index contributed by atoms with van der Waals surface area (Å²) in [5, 5.41) is 3.01. The largest absolute Gasteiger partial charge is 0.345 e. The third-order valence-electron chi connectivity index (χ3n) is 3.27. The standard InChI is InChI=1S/C17H17BrFNO/c1-2-6-16(12-7-4-3-5-8-12)20-17(21)13-9-10-15(19)14(18)11-13/h3-5,7-11,16H,2,6H2,1H3,(H,20,21). The first-order valence-electron chi connectivity index (χ1n) is 6.92. The van der Waals surface area contributed by atoms with E-state index in [1.165, 1.54) is 18.2 Å². The molecule has 0 aliphatic rings. The van der Waals surface area contributed by atoms with E-state index in [-0.39, 0.29) is 17.8 Å². The van der Waals surface area contributed by atoms with Gasteiger partial charge in [0.1, 0.15) is 5.82 Å². The van der Waals surface area contributed by atoms with Crippen molar-refractivity contribution in [3.05, 3.63) is 69.9 Å². The molecule has 1 unspecified atom stereocenters. The highest BCUT2D eigenvalue weighted by Crippen LogP contribution is 2.21. The second kappa shape index (κ2) is 7.36. The summed E-state index contributed by atoms with van der Waals surface area (Å²) in [6.07, 6.45) is 1.82. The number of hydrogen-bond donors (Lipinski definition) is 1. The summed E-state index contributed by atoms with van der Waals surface area (Å²) in [5.74, 6) is -0.572. The molecule has 1 amide bonds. The maximum Gasteiger partial charge on any atom is 0.251 e. The normalized spacial score (nSPS) is 12.0. The summed E-state index contributed by atoms with van der Waals surface area (Å²) in [6, 6.07) is 14.1. The molecule has 1 N–H and O–H groups in total. The Bertz CT molecular complexity index is 615.